The summed E-state index contributed by atoms with van der Waals surface area (Å²) in [5.74, 6) is -2.03. The highest BCUT2D eigenvalue weighted by molar-refractivity contribution is 5.82. The molecule has 1 aliphatic rings. The monoisotopic (exact) mass is 491 g/mol. The number of methoxy groups -OCH3 is 1. The molecule has 0 spiro atoms. The minimum absolute atomic E-state index is 0.0302. The number of cyclic esters (lactones) is 2. The third kappa shape index (κ3) is 9.61. The molecule has 1 fully saturated rings. The lowest BCUT2D eigenvalue weighted by Crippen LogP contribution is -2.50. The maximum atomic E-state index is 13.1. The number of esters is 2. The number of unbranched alkanes of at least 4 members (excludes halogenated alkanes) is 4. The third-order valence-corrected chi connectivity index (χ3v) is 6.52. The molecule has 1 aliphatic heterocycles. The van der Waals surface area contributed by atoms with Gasteiger partial charge in [-0.05, 0) is 31.7 Å². The van der Waals surface area contributed by atoms with Gasteiger partial charge in [-0.2, -0.15) is 0 Å². The first-order valence-corrected chi connectivity index (χ1v) is 12.6. The molecule has 0 aliphatic carbocycles. The Bertz CT molecular complexity index is 785. The smallest absolute Gasteiger partial charge is 0.312 e. The van der Waals surface area contributed by atoms with Crippen molar-refractivity contribution in [1.82, 2.24) is 4.90 Å². The summed E-state index contributed by atoms with van der Waals surface area (Å²) in [5.41, 5.74) is 0.985. The van der Waals surface area contributed by atoms with Gasteiger partial charge in [0.2, 0.25) is 0 Å². The lowest BCUT2D eigenvalue weighted by molar-refractivity contribution is -0.173. The van der Waals surface area contributed by atoms with E-state index >= 15 is 0 Å². The molecule has 2 unspecified atom stereocenters. The second kappa shape index (κ2) is 15.5. The van der Waals surface area contributed by atoms with Gasteiger partial charge in [-0.15, -0.1) is 0 Å². The van der Waals surface area contributed by atoms with Gasteiger partial charge in [-0.25, -0.2) is 0 Å². The fraction of sp³-hybridized carbons (Fsp3) is 0.667. The number of benzene rings is 1. The molecule has 0 bridgehead atoms. The van der Waals surface area contributed by atoms with Gasteiger partial charge >= 0.3 is 11.9 Å². The van der Waals surface area contributed by atoms with Crippen LogP contribution >= 0.6 is 0 Å². The number of hydrogen-bond donors (Lipinski definition) is 0. The summed E-state index contributed by atoms with van der Waals surface area (Å²) in [6.07, 6.45) is 4.93. The number of ether oxygens (including phenoxy) is 4. The van der Waals surface area contributed by atoms with Gasteiger partial charge in [-0.1, -0.05) is 62.9 Å². The van der Waals surface area contributed by atoms with Crippen LogP contribution < -0.4 is 0 Å². The normalized spacial score (nSPS) is 24.3. The number of carbonyl (C=O) groups is 3. The second-order valence-corrected chi connectivity index (χ2v) is 9.21. The van der Waals surface area contributed by atoms with Gasteiger partial charge in [0.1, 0.15) is 12.9 Å². The number of nitrogens with zero attached hydrogens (tertiary/aromatic N) is 1. The van der Waals surface area contributed by atoms with Crippen molar-refractivity contribution in [2.24, 2.45) is 5.92 Å². The Hall–Kier alpha value is -2.45. The summed E-state index contributed by atoms with van der Waals surface area (Å²) >= 11 is 0. The highest BCUT2D eigenvalue weighted by atomic mass is 16.7. The Morgan fingerprint density at radius 3 is 2.46 bits per heavy atom. The van der Waals surface area contributed by atoms with Crippen LogP contribution in [0.5, 0.6) is 0 Å². The minimum Gasteiger partial charge on any atom is -0.461 e. The predicted octanol–water partition coefficient (Wildman–Crippen LogP) is 3.90. The van der Waals surface area contributed by atoms with Crippen LogP contribution in [0.2, 0.25) is 0 Å². The zero-order chi connectivity index (χ0) is 25.6. The molecule has 1 aromatic carbocycles. The third-order valence-electron chi connectivity index (χ3n) is 6.52. The number of carbonyl (C=O) groups excluding carboxylic acids is 3. The van der Waals surface area contributed by atoms with E-state index in [1.54, 1.807) is 14.0 Å². The Balaban J connectivity index is 2.26. The molecule has 1 aromatic rings. The van der Waals surface area contributed by atoms with Crippen LogP contribution in [0.15, 0.2) is 30.3 Å². The van der Waals surface area contributed by atoms with Crippen LogP contribution in [0.3, 0.4) is 0 Å². The van der Waals surface area contributed by atoms with Crippen molar-refractivity contribution in [2.75, 3.05) is 27.6 Å². The Morgan fingerprint density at radius 1 is 1.06 bits per heavy atom. The van der Waals surface area contributed by atoms with Gasteiger partial charge in [0.05, 0.1) is 24.5 Å². The van der Waals surface area contributed by atoms with Crippen LogP contribution in [0.4, 0.5) is 0 Å². The molecule has 4 atom stereocenters. The molecular formula is C27H41NO7. The molecule has 1 saturated heterocycles. The fourth-order valence-corrected chi connectivity index (χ4v) is 4.28. The van der Waals surface area contributed by atoms with E-state index in [4.69, 9.17) is 18.9 Å². The van der Waals surface area contributed by atoms with E-state index in [1.165, 1.54) is 12.0 Å². The standard InChI is InChI=1S/C27H41NO7/c1-5-6-7-8-12-15-23-20(2)27(31)33-18-25(29)28(3)22(16-21-13-10-9-11-14-21)24(34-19-32-4)17-26(30)35-23/h9-11,13-14,20,22-24H,5-8,12,15-19H2,1-4H3/t20-,22-,23?,24?/m0/s1. The molecule has 196 valence electrons. The van der Waals surface area contributed by atoms with Crippen LogP contribution in [-0.4, -0.2) is 68.6 Å². The van der Waals surface area contributed by atoms with Crippen LogP contribution in [0, 0.1) is 5.92 Å². The van der Waals surface area contributed by atoms with E-state index in [2.05, 4.69) is 6.92 Å². The minimum atomic E-state index is -0.666. The molecular weight excluding hydrogens is 450 g/mol. The lowest BCUT2D eigenvalue weighted by atomic mass is 9.96. The molecule has 0 N–H and O–H groups in total. The molecule has 1 heterocycles. The van der Waals surface area contributed by atoms with E-state index in [-0.39, 0.29) is 25.7 Å². The highest BCUT2D eigenvalue weighted by Gasteiger charge is 2.36. The zero-order valence-electron chi connectivity index (χ0n) is 21.6. The second-order valence-electron chi connectivity index (χ2n) is 9.21. The summed E-state index contributed by atoms with van der Waals surface area (Å²) in [6, 6.07) is 9.17. The average Bonchev–Trinajstić information content (AvgIpc) is 2.86. The quantitative estimate of drug-likeness (QED) is 0.263. The molecule has 0 radical (unpaired) electrons. The van der Waals surface area contributed by atoms with E-state index < -0.39 is 36.1 Å². The molecule has 2 rings (SSSR count). The number of likely N-dealkylation sites (N-methyl/N-ethyl adjacent to an activating group) is 1. The first kappa shape index (κ1) is 28.8. The van der Waals surface area contributed by atoms with E-state index in [0.717, 1.165) is 37.7 Å². The largest absolute Gasteiger partial charge is 0.461 e. The Kier molecular flexibility index (Phi) is 12.8. The summed E-state index contributed by atoms with van der Waals surface area (Å²) < 4.78 is 22.2. The first-order valence-electron chi connectivity index (χ1n) is 12.6. The SMILES string of the molecule is CCCCCCCC1OC(=O)CC(OCOC)[C@H](Cc2ccccc2)N(C)C(=O)COC(=O)[C@H]1C. The number of amides is 1. The van der Waals surface area contributed by atoms with Crippen molar-refractivity contribution in [3.05, 3.63) is 35.9 Å². The number of hydrogen-bond acceptors (Lipinski definition) is 7. The van der Waals surface area contributed by atoms with Gasteiger partial charge in [0.15, 0.2) is 6.61 Å². The molecule has 1 amide bonds. The van der Waals surface area contributed by atoms with E-state index in [1.807, 2.05) is 30.3 Å². The predicted molar refractivity (Wildman–Crippen MR) is 131 cm³/mol. The molecule has 8 heteroatoms. The van der Waals surface area contributed by atoms with Crippen molar-refractivity contribution in [3.63, 3.8) is 0 Å². The van der Waals surface area contributed by atoms with Crippen LogP contribution in [0.25, 0.3) is 0 Å². The van der Waals surface area contributed by atoms with Crippen LogP contribution in [-0.2, 0) is 39.8 Å². The highest BCUT2D eigenvalue weighted by Crippen LogP contribution is 2.23. The van der Waals surface area contributed by atoms with E-state index in [9.17, 15) is 14.4 Å². The van der Waals surface area contributed by atoms with Crippen molar-refractivity contribution in [1.29, 1.82) is 0 Å². The Morgan fingerprint density at radius 2 is 1.77 bits per heavy atom. The average molecular weight is 492 g/mol. The summed E-state index contributed by atoms with van der Waals surface area (Å²) in [7, 11) is 3.14. The van der Waals surface area contributed by atoms with Gasteiger partial charge in [0.25, 0.3) is 5.91 Å². The summed E-state index contributed by atoms with van der Waals surface area (Å²) in [6.45, 7) is 3.43. The fourth-order valence-electron chi connectivity index (χ4n) is 4.28. The van der Waals surface area contributed by atoms with Crippen LogP contribution in [0.1, 0.15) is 64.4 Å². The maximum Gasteiger partial charge on any atom is 0.312 e. The topological polar surface area (TPSA) is 91.4 Å². The molecule has 0 aromatic heterocycles. The zero-order valence-corrected chi connectivity index (χ0v) is 21.6. The van der Waals surface area contributed by atoms with Gasteiger partial charge in [0, 0.05) is 14.2 Å². The molecule has 35 heavy (non-hydrogen) atoms. The lowest BCUT2D eigenvalue weighted by Gasteiger charge is -2.35. The first-order chi connectivity index (χ1) is 16.9. The van der Waals surface area contributed by atoms with Crippen molar-refractivity contribution in [2.45, 2.75) is 83.5 Å². The molecule has 0 saturated carbocycles. The van der Waals surface area contributed by atoms with Crippen molar-refractivity contribution >= 4 is 17.8 Å². The van der Waals surface area contributed by atoms with Gasteiger partial charge in [-0.3, -0.25) is 14.4 Å². The maximum absolute atomic E-state index is 13.1. The van der Waals surface area contributed by atoms with Gasteiger partial charge < -0.3 is 23.8 Å². The van der Waals surface area contributed by atoms with Crippen molar-refractivity contribution in [3.8, 4) is 0 Å². The summed E-state index contributed by atoms with van der Waals surface area (Å²) in [5, 5.41) is 0. The van der Waals surface area contributed by atoms with Crippen molar-refractivity contribution < 1.29 is 33.3 Å². The number of rotatable bonds is 11. The Labute approximate surface area is 209 Å². The summed E-state index contributed by atoms with van der Waals surface area (Å²) in [4.78, 5) is 40.2. The van der Waals surface area contributed by atoms with E-state index in [0.29, 0.717) is 12.8 Å². The molecule has 8 nitrogen and oxygen atoms in total.